The smallest absolute Gasteiger partial charge is 0.310 e. The van der Waals surface area contributed by atoms with Gasteiger partial charge >= 0.3 is 5.97 Å². The topological polar surface area (TPSA) is 88.9 Å². The summed E-state index contributed by atoms with van der Waals surface area (Å²) in [7, 11) is 1.48. The third-order valence-corrected chi connectivity index (χ3v) is 4.12. The summed E-state index contributed by atoms with van der Waals surface area (Å²) in [5, 5.41) is 2.64. The molecule has 0 spiro atoms. The summed E-state index contributed by atoms with van der Waals surface area (Å²) in [5.74, 6) is -0.639. The number of rotatable bonds is 8. The van der Waals surface area contributed by atoms with Crippen molar-refractivity contribution in [2.45, 2.75) is 26.8 Å². The highest BCUT2D eigenvalue weighted by atomic mass is 16.5. The van der Waals surface area contributed by atoms with Crippen LogP contribution in [-0.4, -0.2) is 42.9 Å². The van der Waals surface area contributed by atoms with Gasteiger partial charge in [-0.1, -0.05) is 18.2 Å². The molecule has 1 heterocycles. The van der Waals surface area contributed by atoms with Gasteiger partial charge in [-0.2, -0.15) is 0 Å². The van der Waals surface area contributed by atoms with Gasteiger partial charge in [-0.05, 0) is 42.7 Å². The van der Waals surface area contributed by atoms with E-state index in [0.717, 1.165) is 16.7 Å². The standard InChI is InChI=1S/C20H24N2O5/c1-14-6-7-16(9-15(14)2)10-20(25)27-13-19(24)22(3)12-18(23)21-11-17-5-4-8-26-17/h4-9H,10-13H2,1-3H3,(H,21,23). The number of ether oxygens (including phenoxy) is 1. The van der Waals surface area contributed by atoms with Crippen molar-refractivity contribution in [3.05, 3.63) is 59.0 Å². The Kier molecular flexibility index (Phi) is 7.16. The van der Waals surface area contributed by atoms with E-state index in [9.17, 15) is 14.4 Å². The number of aryl methyl sites for hydroxylation is 2. The normalized spacial score (nSPS) is 10.3. The molecule has 0 aliphatic heterocycles. The summed E-state index contributed by atoms with van der Waals surface area (Å²) < 4.78 is 10.1. The van der Waals surface area contributed by atoms with Crippen molar-refractivity contribution in [2.24, 2.45) is 0 Å². The van der Waals surface area contributed by atoms with Crippen LogP contribution in [0.3, 0.4) is 0 Å². The number of carbonyl (C=O) groups is 3. The lowest BCUT2D eigenvalue weighted by Gasteiger charge is -2.16. The Labute approximate surface area is 158 Å². The van der Waals surface area contributed by atoms with E-state index in [2.05, 4.69) is 5.32 Å². The first-order valence-electron chi connectivity index (χ1n) is 8.60. The van der Waals surface area contributed by atoms with E-state index >= 15 is 0 Å². The van der Waals surface area contributed by atoms with Crippen LogP contribution in [0.2, 0.25) is 0 Å². The number of carbonyl (C=O) groups excluding carboxylic acids is 3. The van der Waals surface area contributed by atoms with Crippen molar-refractivity contribution in [2.75, 3.05) is 20.2 Å². The first kappa shape index (κ1) is 20.2. The number of furan rings is 1. The van der Waals surface area contributed by atoms with Crippen molar-refractivity contribution in [1.29, 1.82) is 0 Å². The van der Waals surface area contributed by atoms with E-state index in [-0.39, 0.29) is 25.4 Å². The van der Waals surface area contributed by atoms with E-state index in [0.29, 0.717) is 5.76 Å². The molecule has 0 unspecified atom stereocenters. The predicted molar refractivity (Wildman–Crippen MR) is 98.8 cm³/mol. The van der Waals surface area contributed by atoms with E-state index in [1.807, 2.05) is 32.0 Å². The fraction of sp³-hybridized carbons (Fsp3) is 0.350. The maximum atomic E-state index is 12.0. The molecule has 0 saturated heterocycles. The molecule has 1 aromatic heterocycles. The lowest BCUT2D eigenvalue weighted by Crippen LogP contribution is -2.40. The van der Waals surface area contributed by atoms with Crippen molar-refractivity contribution in [1.82, 2.24) is 10.2 Å². The number of hydrogen-bond acceptors (Lipinski definition) is 5. The Morgan fingerprint density at radius 1 is 1.15 bits per heavy atom. The number of nitrogens with one attached hydrogen (secondary N) is 1. The van der Waals surface area contributed by atoms with Crippen LogP contribution in [-0.2, 0) is 32.1 Å². The number of hydrogen-bond donors (Lipinski definition) is 1. The summed E-state index contributed by atoms with van der Waals surface area (Å²) in [6, 6.07) is 9.20. The molecule has 0 bridgehead atoms. The highest BCUT2D eigenvalue weighted by molar-refractivity contribution is 5.86. The molecular weight excluding hydrogens is 348 g/mol. The van der Waals surface area contributed by atoms with Gasteiger partial charge in [-0.15, -0.1) is 0 Å². The average molecular weight is 372 g/mol. The minimum absolute atomic E-state index is 0.0990. The molecule has 144 valence electrons. The Hall–Kier alpha value is -3.09. The zero-order valence-electron chi connectivity index (χ0n) is 15.8. The van der Waals surface area contributed by atoms with Gasteiger partial charge in [0.05, 0.1) is 25.8 Å². The van der Waals surface area contributed by atoms with Crippen LogP contribution >= 0.6 is 0 Å². The Morgan fingerprint density at radius 3 is 2.59 bits per heavy atom. The number of likely N-dealkylation sites (N-methyl/N-ethyl adjacent to an activating group) is 1. The molecule has 2 aromatic rings. The molecule has 0 atom stereocenters. The summed E-state index contributed by atoms with van der Waals surface area (Å²) in [4.78, 5) is 37.0. The molecule has 0 radical (unpaired) electrons. The monoisotopic (exact) mass is 372 g/mol. The maximum absolute atomic E-state index is 12.0. The lowest BCUT2D eigenvalue weighted by atomic mass is 10.0. The van der Waals surface area contributed by atoms with Crippen LogP contribution in [0.25, 0.3) is 0 Å². The van der Waals surface area contributed by atoms with Gasteiger partial charge in [0.1, 0.15) is 5.76 Å². The molecule has 1 aromatic carbocycles. The molecule has 7 nitrogen and oxygen atoms in total. The lowest BCUT2D eigenvalue weighted by molar-refractivity contribution is -0.151. The van der Waals surface area contributed by atoms with Crippen LogP contribution in [0.4, 0.5) is 0 Å². The zero-order valence-corrected chi connectivity index (χ0v) is 15.8. The zero-order chi connectivity index (χ0) is 19.8. The quantitative estimate of drug-likeness (QED) is 0.713. The average Bonchev–Trinajstić information content (AvgIpc) is 3.14. The first-order valence-corrected chi connectivity index (χ1v) is 8.60. The summed E-state index contributed by atoms with van der Waals surface area (Å²) in [6.07, 6.45) is 1.62. The maximum Gasteiger partial charge on any atom is 0.310 e. The minimum atomic E-state index is -0.484. The van der Waals surface area contributed by atoms with E-state index in [1.54, 1.807) is 12.1 Å². The highest BCUT2D eigenvalue weighted by Gasteiger charge is 2.15. The highest BCUT2D eigenvalue weighted by Crippen LogP contribution is 2.10. The molecule has 0 aliphatic carbocycles. The molecule has 1 N–H and O–H groups in total. The number of esters is 1. The fourth-order valence-corrected chi connectivity index (χ4v) is 2.34. The molecule has 0 saturated carbocycles. The fourth-order valence-electron chi connectivity index (χ4n) is 2.34. The Balaban J connectivity index is 1.70. The van der Waals surface area contributed by atoms with Crippen LogP contribution < -0.4 is 5.32 Å². The molecule has 0 fully saturated rings. The number of benzene rings is 1. The molecular formula is C20H24N2O5. The van der Waals surface area contributed by atoms with Crippen molar-refractivity contribution >= 4 is 17.8 Å². The SMILES string of the molecule is Cc1ccc(CC(=O)OCC(=O)N(C)CC(=O)NCc2ccco2)cc1C. The van der Waals surface area contributed by atoms with Crippen molar-refractivity contribution < 1.29 is 23.5 Å². The summed E-state index contributed by atoms with van der Waals surface area (Å²) in [6.45, 7) is 3.69. The van der Waals surface area contributed by atoms with Crippen LogP contribution in [0.1, 0.15) is 22.5 Å². The largest absolute Gasteiger partial charge is 0.467 e. The van der Waals surface area contributed by atoms with Gasteiger partial charge in [0.25, 0.3) is 5.91 Å². The van der Waals surface area contributed by atoms with Gasteiger partial charge in [-0.25, -0.2) is 0 Å². The number of amides is 2. The second kappa shape index (κ2) is 9.56. The molecule has 27 heavy (non-hydrogen) atoms. The minimum Gasteiger partial charge on any atom is -0.467 e. The molecule has 7 heteroatoms. The molecule has 2 amide bonds. The Bertz CT molecular complexity index is 799. The van der Waals surface area contributed by atoms with Gasteiger partial charge in [0, 0.05) is 7.05 Å². The van der Waals surface area contributed by atoms with Crippen LogP contribution in [0.5, 0.6) is 0 Å². The van der Waals surface area contributed by atoms with E-state index < -0.39 is 18.5 Å². The second-order valence-electron chi connectivity index (χ2n) is 6.36. The third-order valence-electron chi connectivity index (χ3n) is 4.12. The first-order chi connectivity index (χ1) is 12.8. The van der Waals surface area contributed by atoms with E-state index in [4.69, 9.17) is 9.15 Å². The number of nitrogens with zero attached hydrogens (tertiary/aromatic N) is 1. The summed E-state index contributed by atoms with van der Waals surface area (Å²) in [5.41, 5.74) is 3.08. The van der Waals surface area contributed by atoms with Crippen molar-refractivity contribution in [3.63, 3.8) is 0 Å². The molecule has 2 rings (SSSR count). The van der Waals surface area contributed by atoms with Gasteiger partial charge in [-0.3, -0.25) is 14.4 Å². The van der Waals surface area contributed by atoms with Crippen molar-refractivity contribution in [3.8, 4) is 0 Å². The van der Waals surface area contributed by atoms with E-state index in [1.165, 1.54) is 18.2 Å². The third kappa shape index (κ3) is 6.62. The van der Waals surface area contributed by atoms with Gasteiger partial charge in [0.2, 0.25) is 5.91 Å². The van der Waals surface area contributed by atoms with Gasteiger partial charge in [0.15, 0.2) is 6.61 Å². The van der Waals surface area contributed by atoms with Crippen LogP contribution in [0.15, 0.2) is 41.0 Å². The Morgan fingerprint density at radius 2 is 1.93 bits per heavy atom. The van der Waals surface area contributed by atoms with Gasteiger partial charge < -0.3 is 19.4 Å². The molecule has 0 aliphatic rings. The predicted octanol–water partition coefficient (Wildman–Crippen LogP) is 1.76. The second-order valence-corrected chi connectivity index (χ2v) is 6.36. The van der Waals surface area contributed by atoms with Crippen LogP contribution in [0, 0.1) is 13.8 Å². The summed E-state index contributed by atoms with van der Waals surface area (Å²) >= 11 is 0.